The first-order valence-electron chi connectivity index (χ1n) is 7.33. The lowest BCUT2D eigenvalue weighted by atomic mass is 10.1. The molecule has 1 aromatic rings. The molecule has 0 unspecified atom stereocenters. The number of nitrogens with zero attached hydrogens (tertiary/aromatic N) is 1. The molecule has 114 valence electrons. The molecule has 1 saturated heterocycles. The molecule has 0 aliphatic carbocycles. The number of hydrogen-bond acceptors (Lipinski definition) is 3. The Hall–Kier alpha value is -2.04. The van der Waals surface area contributed by atoms with Crippen LogP contribution in [0.25, 0.3) is 0 Å². The summed E-state index contributed by atoms with van der Waals surface area (Å²) in [5, 5.41) is 9.07. The predicted octanol–water partition coefficient (Wildman–Crippen LogP) is 2.47. The van der Waals surface area contributed by atoms with E-state index in [0.717, 1.165) is 25.9 Å². The zero-order valence-electron chi connectivity index (χ0n) is 12.3. The van der Waals surface area contributed by atoms with Crippen LogP contribution in [0.1, 0.15) is 41.6 Å². The molecule has 1 aromatic carbocycles. The summed E-state index contributed by atoms with van der Waals surface area (Å²) in [6.45, 7) is 3.23. The third kappa shape index (κ3) is 3.97. The Bertz CT molecular complexity index is 519. The molecule has 1 fully saturated rings. The molecule has 1 amide bonds. The van der Waals surface area contributed by atoms with Crippen molar-refractivity contribution >= 4 is 11.9 Å². The number of benzene rings is 1. The van der Waals surface area contributed by atoms with Gasteiger partial charge in [0, 0.05) is 18.7 Å². The van der Waals surface area contributed by atoms with Crippen molar-refractivity contribution < 1.29 is 19.4 Å². The minimum absolute atomic E-state index is 0.0305. The summed E-state index contributed by atoms with van der Waals surface area (Å²) in [6.07, 6.45) is 4.42. The Labute approximate surface area is 124 Å². The quantitative estimate of drug-likeness (QED) is 0.925. The normalized spacial score (nSPS) is 15.4. The fourth-order valence-corrected chi connectivity index (χ4v) is 2.55. The van der Waals surface area contributed by atoms with Crippen LogP contribution < -0.4 is 4.74 Å². The lowest BCUT2D eigenvalue weighted by molar-refractivity contribution is -0.133. The fourth-order valence-electron chi connectivity index (χ4n) is 2.55. The summed E-state index contributed by atoms with van der Waals surface area (Å²) in [5.41, 5.74) is 0.753. The average Bonchev–Trinajstić information content (AvgIpc) is 2.74. The van der Waals surface area contributed by atoms with Crippen LogP contribution in [-0.4, -0.2) is 41.6 Å². The van der Waals surface area contributed by atoms with Crippen molar-refractivity contribution in [3.05, 3.63) is 29.3 Å². The van der Waals surface area contributed by atoms with Crippen LogP contribution in [0.15, 0.2) is 18.2 Å². The zero-order valence-corrected chi connectivity index (χ0v) is 12.3. The maximum absolute atomic E-state index is 12.1. The predicted molar refractivity (Wildman–Crippen MR) is 78.7 cm³/mol. The molecule has 1 heterocycles. The van der Waals surface area contributed by atoms with Crippen molar-refractivity contribution in [1.29, 1.82) is 0 Å². The maximum atomic E-state index is 12.1. The van der Waals surface area contributed by atoms with Gasteiger partial charge in [-0.15, -0.1) is 0 Å². The molecule has 5 heteroatoms. The molecule has 0 aromatic heterocycles. The molecule has 0 saturated carbocycles. The van der Waals surface area contributed by atoms with Crippen LogP contribution >= 0.6 is 0 Å². The van der Waals surface area contributed by atoms with Gasteiger partial charge < -0.3 is 14.7 Å². The summed E-state index contributed by atoms with van der Waals surface area (Å²) < 4.78 is 5.53. The molecular weight excluding hydrogens is 270 g/mol. The molecule has 0 atom stereocenters. The first-order chi connectivity index (χ1) is 10.1. The Morgan fingerprint density at radius 1 is 1.19 bits per heavy atom. The van der Waals surface area contributed by atoms with E-state index in [4.69, 9.17) is 9.84 Å². The lowest BCUT2D eigenvalue weighted by Gasteiger charge is -2.20. The Kier molecular flexibility index (Phi) is 5.20. The monoisotopic (exact) mass is 291 g/mol. The van der Waals surface area contributed by atoms with E-state index in [0.29, 0.717) is 11.3 Å². The molecule has 0 radical (unpaired) electrons. The van der Waals surface area contributed by atoms with Gasteiger partial charge in [0.1, 0.15) is 5.75 Å². The van der Waals surface area contributed by atoms with Crippen molar-refractivity contribution in [3.8, 4) is 5.75 Å². The summed E-state index contributed by atoms with van der Waals surface area (Å²) in [7, 11) is 0. The van der Waals surface area contributed by atoms with Crippen molar-refractivity contribution in [1.82, 2.24) is 4.90 Å². The largest absolute Gasteiger partial charge is 0.483 e. The molecule has 1 N–H and O–H groups in total. The van der Waals surface area contributed by atoms with Crippen LogP contribution in [0, 0.1) is 6.92 Å². The van der Waals surface area contributed by atoms with E-state index in [2.05, 4.69) is 0 Å². The van der Waals surface area contributed by atoms with Gasteiger partial charge in [-0.25, -0.2) is 4.79 Å². The topological polar surface area (TPSA) is 66.8 Å². The van der Waals surface area contributed by atoms with Gasteiger partial charge in [-0.2, -0.15) is 0 Å². The lowest BCUT2D eigenvalue weighted by Crippen LogP contribution is -2.35. The molecule has 1 aliphatic rings. The summed E-state index contributed by atoms with van der Waals surface area (Å²) in [5.74, 6) is -0.563. The van der Waals surface area contributed by atoms with E-state index in [-0.39, 0.29) is 18.1 Å². The first-order valence-corrected chi connectivity index (χ1v) is 7.33. The van der Waals surface area contributed by atoms with Crippen LogP contribution in [0.2, 0.25) is 0 Å². The SMILES string of the molecule is Cc1c(OCC(=O)N2CCCCCC2)cccc1C(=O)O. The fraction of sp³-hybridized carbons (Fsp3) is 0.500. The van der Waals surface area contributed by atoms with Gasteiger partial charge in [-0.1, -0.05) is 18.9 Å². The minimum atomic E-state index is -0.989. The number of carboxylic acid groups (broad SMARTS) is 1. The number of likely N-dealkylation sites (tertiary alicyclic amines) is 1. The highest BCUT2D eigenvalue weighted by Crippen LogP contribution is 2.21. The van der Waals surface area contributed by atoms with Crippen LogP contribution in [0.3, 0.4) is 0 Å². The van der Waals surface area contributed by atoms with E-state index >= 15 is 0 Å². The summed E-state index contributed by atoms with van der Waals surface area (Å²) in [4.78, 5) is 25.0. The average molecular weight is 291 g/mol. The van der Waals surface area contributed by atoms with Crippen molar-refractivity contribution in [2.75, 3.05) is 19.7 Å². The number of ether oxygens (including phenoxy) is 1. The van der Waals surface area contributed by atoms with Gasteiger partial charge in [-0.3, -0.25) is 4.79 Å². The van der Waals surface area contributed by atoms with Crippen molar-refractivity contribution in [3.63, 3.8) is 0 Å². The number of rotatable bonds is 4. The van der Waals surface area contributed by atoms with E-state index in [1.54, 1.807) is 19.1 Å². The molecular formula is C16H21NO4. The van der Waals surface area contributed by atoms with Gasteiger partial charge in [0.25, 0.3) is 5.91 Å². The Morgan fingerprint density at radius 2 is 1.86 bits per heavy atom. The molecule has 1 aliphatic heterocycles. The van der Waals surface area contributed by atoms with Gasteiger partial charge >= 0.3 is 5.97 Å². The van der Waals surface area contributed by atoms with Crippen molar-refractivity contribution in [2.24, 2.45) is 0 Å². The number of carboxylic acids is 1. The summed E-state index contributed by atoms with van der Waals surface area (Å²) in [6, 6.07) is 4.85. The zero-order chi connectivity index (χ0) is 15.2. The van der Waals surface area contributed by atoms with Crippen LogP contribution in [0.4, 0.5) is 0 Å². The minimum Gasteiger partial charge on any atom is -0.483 e. The van der Waals surface area contributed by atoms with Gasteiger partial charge in [0.15, 0.2) is 6.61 Å². The third-order valence-corrected chi connectivity index (χ3v) is 3.82. The Morgan fingerprint density at radius 3 is 2.48 bits per heavy atom. The van der Waals surface area contributed by atoms with Crippen LogP contribution in [0.5, 0.6) is 5.75 Å². The van der Waals surface area contributed by atoms with Gasteiger partial charge in [0.2, 0.25) is 0 Å². The molecule has 21 heavy (non-hydrogen) atoms. The smallest absolute Gasteiger partial charge is 0.336 e. The summed E-state index contributed by atoms with van der Waals surface area (Å²) >= 11 is 0. The third-order valence-electron chi connectivity index (χ3n) is 3.82. The number of aromatic carboxylic acids is 1. The van der Waals surface area contributed by atoms with E-state index in [1.165, 1.54) is 18.9 Å². The van der Waals surface area contributed by atoms with E-state index in [1.807, 2.05) is 4.90 Å². The molecule has 0 bridgehead atoms. The molecule has 5 nitrogen and oxygen atoms in total. The molecule has 2 rings (SSSR count). The Balaban J connectivity index is 1.97. The van der Waals surface area contributed by atoms with Gasteiger partial charge in [-0.05, 0) is 31.9 Å². The maximum Gasteiger partial charge on any atom is 0.336 e. The number of amides is 1. The number of carbonyl (C=O) groups is 2. The van der Waals surface area contributed by atoms with E-state index in [9.17, 15) is 9.59 Å². The molecule has 0 spiro atoms. The standard InChI is InChI=1S/C16H21NO4/c1-12-13(16(19)20)7-6-8-14(12)21-11-15(18)17-9-4-2-3-5-10-17/h6-8H,2-5,9-11H2,1H3,(H,19,20). The van der Waals surface area contributed by atoms with E-state index < -0.39 is 5.97 Å². The number of hydrogen-bond donors (Lipinski definition) is 1. The van der Waals surface area contributed by atoms with Gasteiger partial charge in [0.05, 0.1) is 5.56 Å². The number of carbonyl (C=O) groups excluding carboxylic acids is 1. The highest BCUT2D eigenvalue weighted by Gasteiger charge is 2.17. The van der Waals surface area contributed by atoms with Crippen LogP contribution in [-0.2, 0) is 4.79 Å². The second-order valence-electron chi connectivity index (χ2n) is 5.32. The highest BCUT2D eigenvalue weighted by atomic mass is 16.5. The highest BCUT2D eigenvalue weighted by molar-refractivity contribution is 5.90. The van der Waals surface area contributed by atoms with Crippen molar-refractivity contribution in [2.45, 2.75) is 32.6 Å². The first kappa shape index (κ1) is 15.4. The second kappa shape index (κ2) is 7.11. The second-order valence-corrected chi connectivity index (χ2v) is 5.32.